The highest BCUT2D eigenvalue weighted by atomic mass is 32.2. The van der Waals surface area contributed by atoms with E-state index in [1.54, 1.807) is 27.7 Å². The van der Waals surface area contributed by atoms with Gasteiger partial charge in [0.15, 0.2) is 0 Å². The largest absolute Gasteiger partial charge is 0.469 e. The first-order valence-electron chi connectivity index (χ1n) is 19.9. The van der Waals surface area contributed by atoms with Crippen molar-refractivity contribution < 1.29 is 28.7 Å². The molecular formula is C46H55N5O6S3. The maximum atomic E-state index is 13.9. The molecule has 1 aliphatic rings. The highest BCUT2D eigenvalue weighted by Gasteiger charge is 2.41. The molecular weight excluding hydrogens is 815 g/mol. The van der Waals surface area contributed by atoms with Crippen LogP contribution in [-0.4, -0.2) is 75.7 Å². The van der Waals surface area contributed by atoms with Crippen LogP contribution in [0.5, 0.6) is 0 Å². The second-order valence-electron chi connectivity index (χ2n) is 15.9. The number of rotatable bonds is 18. The number of carbonyl (C=O) groups is 4. The molecule has 1 aliphatic heterocycles. The van der Waals surface area contributed by atoms with Gasteiger partial charge in [0.1, 0.15) is 32.9 Å². The second kappa shape index (κ2) is 21.0. The van der Waals surface area contributed by atoms with E-state index in [1.165, 1.54) is 46.9 Å². The zero-order chi connectivity index (χ0) is 43.3. The fourth-order valence-electron chi connectivity index (χ4n) is 6.54. The maximum absolute atomic E-state index is 13.9. The molecule has 3 N–H and O–H groups in total. The fourth-order valence-corrected chi connectivity index (χ4v) is 9.93. The number of amides is 3. The summed E-state index contributed by atoms with van der Waals surface area (Å²) in [7, 11) is 1.32. The zero-order valence-electron chi connectivity index (χ0n) is 35.2. The molecule has 0 fully saturated rings. The van der Waals surface area contributed by atoms with Gasteiger partial charge >= 0.3 is 12.1 Å². The van der Waals surface area contributed by atoms with E-state index in [9.17, 15) is 19.2 Å². The predicted molar refractivity (Wildman–Crippen MR) is 243 cm³/mol. The number of carbonyl (C=O) groups excluding carboxylic acids is 4. The monoisotopic (exact) mass is 869 g/mol. The number of thiazole rings is 1. The number of aliphatic imine (C=N–C) groups is 1. The van der Waals surface area contributed by atoms with E-state index in [-0.39, 0.29) is 18.9 Å². The van der Waals surface area contributed by atoms with E-state index < -0.39 is 51.8 Å². The van der Waals surface area contributed by atoms with Gasteiger partial charge in [0.05, 0.1) is 30.9 Å². The van der Waals surface area contributed by atoms with Gasteiger partial charge in [-0.05, 0) is 62.5 Å². The lowest BCUT2D eigenvalue weighted by Crippen LogP contribution is -2.56. The maximum Gasteiger partial charge on any atom is 0.408 e. The molecule has 0 aliphatic carbocycles. The molecule has 0 radical (unpaired) electrons. The van der Waals surface area contributed by atoms with E-state index >= 15 is 0 Å². The van der Waals surface area contributed by atoms with Crippen molar-refractivity contribution in [3.05, 3.63) is 136 Å². The number of alkyl carbamates (subject to hydrolysis) is 1. The SMILES string of the molecule is COC(=O)CC(/C=C/CCSC(c1ccccc1)(c1ccccc1)c1ccccc1)NC(=O)[C@@H](NC(=O)[C@]1(C)CSC(c2csc(CNC(=O)OC(C)(C)C)n2)=N1)C(C)C. The zero-order valence-corrected chi connectivity index (χ0v) is 37.7. The summed E-state index contributed by atoms with van der Waals surface area (Å²) in [6.07, 6.45) is 3.88. The van der Waals surface area contributed by atoms with Crippen molar-refractivity contribution in [3.63, 3.8) is 0 Å². The fraction of sp³-hybridized carbons (Fsp3) is 0.391. The number of methoxy groups -OCH3 is 1. The Kier molecular flexibility index (Phi) is 16.2. The first-order chi connectivity index (χ1) is 28.6. The summed E-state index contributed by atoms with van der Waals surface area (Å²) in [4.78, 5) is 61.7. The third kappa shape index (κ3) is 12.3. The molecule has 1 unspecified atom stereocenters. The van der Waals surface area contributed by atoms with Gasteiger partial charge in [-0.25, -0.2) is 9.78 Å². The number of nitrogens with zero attached hydrogens (tertiary/aromatic N) is 2. The third-order valence-electron chi connectivity index (χ3n) is 9.57. The van der Waals surface area contributed by atoms with Crippen molar-refractivity contribution in [2.24, 2.45) is 10.9 Å². The Balaban J connectivity index is 1.24. The van der Waals surface area contributed by atoms with Crippen molar-refractivity contribution in [1.29, 1.82) is 0 Å². The quantitative estimate of drug-likeness (QED) is 0.0389. The molecule has 3 amide bonds. The van der Waals surface area contributed by atoms with Crippen molar-refractivity contribution in [2.75, 3.05) is 18.6 Å². The van der Waals surface area contributed by atoms with E-state index in [0.717, 1.165) is 5.75 Å². The molecule has 3 atom stereocenters. The molecule has 0 saturated carbocycles. The third-order valence-corrected chi connectivity index (χ3v) is 13.3. The van der Waals surface area contributed by atoms with Crippen molar-refractivity contribution in [1.82, 2.24) is 20.9 Å². The predicted octanol–water partition coefficient (Wildman–Crippen LogP) is 8.28. The number of ether oxygens (including phenoxy) is 2. The molecule has 0 spiro atoms. The Morgan fingerprint density at radius 1 is 0.900 bits per heavy atom. The summed E-state index contributed by atoms with van der Waals surface area (Å²) >= 11 is 4.61. The summed E-state index contributed by atoms with van der Waals surface area (Å²) in [5.41, 5.74) is 2.36. The minimum atomic E-state index is -1.15. The van der Waals surface area contributed by atoms with Crippen LogP contribution in [-0.2, 0) is 35.1 Å². The van der Waals surface area contributed by atoms with E-state index in [1.807, 2.05) is 61.3 Å². The minimum absolute atomic E-state index is 0.0719. The summed E-state index contributed by atoms with van der Waals surface area (Å²) in [6.45, 7) is 11.0. The lowest BCUT2D eigenvalue weighted by atomic mass is 9.84. The first-order valence-corrected chi connectivity index (χ1v) is 22.8. The highest BCUT2D eigenvalue weighted by molar-refractivity contribution is 8.14. The van der Waals surface area contributed by atoms with Crippen molar-refractivity contribution in [3.8, 4) is 0 Å². The van der Waals surface area contributed by atoms with Crippen LogP contribution in [0, 0.1) is 5.92 Å². The number of nitrogens with one attached hydrogen (secondary N) is 3. The van der Waals surface area contributed by atoms with Gasteiger partial charge in [0.25, 0.3) is 0 Å². The molecule has 4 aromatic rings. The van der Waals surface area contributed by atoms with Crippen LogP contribution in [0.3, 0.4) is 0 Å². The van der Waals surface area contributed by atoms with E-state index in [4.69, 9.17) is 14.5 Å². The number of hydrogen-bond donors (Lipinski definition) is 3. The van der Waals surface area contributed by atoms with E-state index in [0.29, 0.717) is 27.9 Å². The minimum Gasteiger partial charge on any atom is -0.469 e. The van der Waals surface area contributed by atoms with Crippen LogP contribution in [0.15, 0.2) is 114 Å². The van der Waals surface area contributed by atoms with Crippen LogP contribution in [0.1, 0.15) is 81.8 Å². The molecule has 0 saturated heterocycles. The molecule has 3 aromatic carbocycles. The van der Waals surface area contributed by atoms with Gasteiger partial charge in [0, 0.05) is 11.1 Å². The van der Waals surface area contributed by atoms with Crippen molar-refractivity contribution in [2.45, 2.75) is 88.9 Å². The van der Waals surface area contributed by atoms with Gasteiger partial charge < -0.3 is 25.4 Å². The molecule has 5 rings (SSSR count). The van der Waals surface area contributed by atoms with Crippen molar-refractivity contribution >= 4 is 63.8 Å². The summed E-state index contributed by atoms with van der Waals surface area (Å²) in [6, 6.07) is 29.9. The number of allylic oxidation sites excluding steroid dienone is 1. The van der Waals surface area contributed by atoms with E-state index in [2.05, 4.69) is 93.7 Å². The lowest BCUT2D eigenvalue weighted by Gasteiger charge is -2.35. The van der Waals surface area contributed by atoms with Gasteiger partial charge in [-0.3, -0.25) is 19.4 Å². The average molecular weight is 870 g/mol. The normalized spacial score (nSPS) is 16.5. The number of esters is 1. The van der Waals surface area contributed by atoms with Crippen LogP contribution >= 0.6 is 34.9 Å². The molecule has 0 bridgehead atoms. The molecule has 2 heterocycles. The Labute approximate surface area is 366 Å². The van der Waals surface area contributed by atoms with Gasteiger partial charge in [-0.15, -0.1) is 34.9 Å². The number of aromatic nitrogens is 1. The van der Waals surface area contributed by atoms with Gasteiger partial charge in [-0.1, -0.05) is 117 Å². The lowest BCUT2D eigenvalue weighted by molar-refractivity contribution is -0.141. The number of thioether (sulfide) groups is 2. The smallest absolute Gasteiger partial charge is 0.408 e. The summed E-state index contributed by atoms with van der Waals surface area (Å²) in [5, 5.41) is 11.8. The molecule has 318 valence electrons. The van der Waals surface area contributed by atoms with Crippen LogP contribution in [0.2, 0.25) is 0 Å². The Morgan fingerprint density at radius 3 is 2.02 bits per heavy atom. The topological polar surface area (TPSA) is 148 Å². The highest BCUT2D eigenvalue weighted by Crippen LogP contribution is 2.48. The Bertz CT molecular complexity index is 2020. The Morgan fingerprint density at radius 2 is 1.48 bits per heavy atom. The summed E-state index contributed by atoms with van der Waals surface area (Å²) in [5.74, 6) is -0.448. The molecule has 11 nitrogen and oxygen atoms in total. The number of hydrogen-bond acceptors (Lipinski definition) is 11. The van der Waals surface area contributed by atoms with Gasteiger partial charge in [0.2, 0.25) is 11.8 Å². The van der Waals surface area contributed by atoms with Crippen LogP contribution in [0.25, 0.3) is 0 Å². The first kappa shape index (κ1) is 46.2. The Hall–Kier alpha value is -4.92. The summed E-state index contributed by atoms with van der Waals surface area (Å²) < 4.78 is 9.82. The molecule has 60 heavy (non-hydrogen) atoms. The standard InChI is InChI=1S/C46H55N5O6S3/c1-31(2)39(50-42(54)45(6)30-59-41(51-45)36-29-58-37(49-36)28-47-43(55)57-44(3,4)5)40(53)48-35(27-38(52)56-7)25-17-18-26-60-46(32-19-11-8-12-20-32,33-21-13-9-14-22-33)34-23-15-10-16-24-34/h8-17,19-25,29,31,35,39H,18,26-28,30H2,1-7H3,(H,47,55)(H,48,53)(H,50,54)/b25-17+/t35?,39-,45-/m0/s1. The average Bonchev–Trinajstić information content (AvgIpc) is 3.88. The second-order valence-corrected chi connectivity index (χ2v) is 19.1. The molecule has 1 aromatic heterocycles. The number of benzene rings is 3. The van der Waals surface area contributed by atoms with Gasteiger partial charge in [-0.2, -0.15) is 0 Å². The van der Waals surface area contributed by atoms with Crippen LogP contribution in [0.4, 0.5) is 4.79 Å². The van der Waals surface area contributed by atoms with Crippen LogP contribution < -0.4 is 16.0 Å². The molecule has 14 heteroatoms.